The molecular weight excluding hydrogens is 412 g/mol. The number of carbonyl (C=O) groups excluding carboxylic acids is 1. The molecule has 2 aromatic heterocycles. The van der Waals surface area contributed by atoms with Gasteiger partial charge in [-0.3, -0.25) is 9.48 Å². The maximum absolute atomic E-state index is 13.6. The van der Waals surface area contributed by atoms with E-state index in [-0.39, 0.29) is 17.9 Å². The van der Waals surface area contributed by atoms with Crippen molar-refractivity contribution in [2.24, 2.45) is 7.05 Å². The Morgan fingerprint density at radius 2 is 1.82 bits per heavy atom. The average molecular weight is 445 g/mol. The summed E-state index contributed by atoms with van der Waals surface area (Å²) < 4.78 is 1.92. The molecule has 0 bridgehead atoms. The van der Waals surface area contributed by atoms with Gasteiger partial charge in [-0.15, -0.1) is 0 Å². The Bertz CT molecular complexity index is 1130. The number of amides is 1. The first-order chi connectivity index (χ1) is 16.0. The van der Waals surface area contributed by atoms with Crippen molar-refractivity contribution in [3.63, 3.8) is 0 Å². The van der Waals surface area contributed by atoms with E-state index >= 15 is 0 Å². The fourth-order valence-electron chi connectivity index (χ4n) is 5.17. The van der Waals surface area contributed by atoms with Crippen molar-refractivity contribution in [1.29, 1.82) is 0 Å². The molecule has 7 nitrogen and oxygen atoms in total. The fraction of sp³-hybridized carbons (Fsp3) is 0.462. The maximum atomic E-state index is 13.6. The number of aryl methyl sites for hydroxylation is 2. The van der Waals surface area contributed by atoms with Crippen LogP contribution in [0.15, 0.2) is 42.7 Å². The van der Waals surface area contributed by atoms with E-state index in [1.165, 1.54) is 18.4 Å². The van der Waals surface area contributed by atoms with Gasteiger partial charge in [0.2, 0.25) is 11.9 Å². The van der Waals surface area contributed by atoms with Crippen LogP contribution >= 0.6 is 0 Å². The quantitative estimate of drug-likeness (QED) is 0.588. The van der Waals surface area contributed by atoms with Gasteiger partial charge in [-0.05, 0) is 51.2 Å². The summed E-state index contributed by atoms with van der Waals surface area (Å²) in [4.78, 5) is 27.3. The number of nitrogens with zero attached hydrogens (tertiary/aromatic N) is 6. The lowest BCUT2D eigenvalue weighted by molar-refractivity contribution is -0.133. The van der Waals surface area contributed by atoms with Crippen LogP contribution in [0.25, 0.3) is 11.3 Å². The molecule has 0 spiro atoms. The van der Waals surface area contributed by atoms with Crippen LogP contribution in [0.1, 0.15) is 61.4 Å². The highest BCUT2D eigenvalue weighted by molar-refractivity contribution is 5.84. The number of hydrogen-bond acceptors (Lipinski definition) is 5. The van der Waals surface area contributed by atoms with E-state index in [4.69, 9.17) is 4.98 Å². The molecule has 2 saturated heterocycles. The zero-order valence-corrected chi connectivity index (χ0v) is 19.7. The Hall–Kier alpha value is -3.22. The molecule has 3 aromatic rings. The first kappa shape index (κ1) is 21.6. The molecule has 5 rings (SSSR count). The predicted octanol–water partition coefficient (Wildman–Crippen LogP) is 4.25. The first-order valence-electron chi connectivity index (χ1n) is 12.0. The Labute approximate surface area is 195 Å². The Morgan fingerprint density at radius 3 is 2.58 bits per heavy atom. The molecule has 1 amide bonds. The summed E-state index contributed by atoms with van der Waals surface area (Å²) in [5.74, 6) is 0.782. The molecule has 0 saturated carbocycles. The SMILES string of the molecule is Cc1ccc([C@@H](C)C(=O)N2CCC[C@@H]2c2c(-c3ccnc(N4CCCC4)n3)cnn2C)cc1. The third-order valence-corrected chi connectivity index (χ3v) is 7.09. The van der Waals surface area contributed by atoms with E-state index in [1.54, 1.807) is 0 Å². The molecule has 7 heteroatoms. The number of benzene rings is 1. The van der Waals surface area contributed by atoms with Crippen LogP contribution in [0.4, 0.5) is 5.95 Å². The van der Waals surface area contributed by atoms with Gasteiger partial charge >= 0.3 is 0 Å². The van der Waals surface area contributed by atoms with Crippen molar-refractivity contribution >= 4 is 11.9 Å². The van der Waals surface area contributed by atoms with E-state index in [0.717, 1.165) is 60.9 Å². The van der Waals surface area contributed by atoms with E-state index in [2.05, 4.69) is 46.2 Å². The third-order valence-electron chi connectivity index (χ3n) is 7.09. The second-order valence-corrected chi connectivity index (χ2v) is 9.33. The molecule has 0 aliphatic carbocycles. The lowest BCUT2D eigenvalue weighted by Gasteiger charge is -2.28. The molecule has 33 heavy (non-hydrogen) atoms. The number of rotatable bonds is 5. The smallest absolute Gasteiger partial charge is 0.230 e. The highest BCUT2D eigenvalue weighted by atomic mass is 16.2. The number of hydrogen-bond donors (Lipinski definition) is 0. The summed E-state index contributed by atoms with van der Waals surface area (Å²) in [6.45, 7) is 6.86. The van der Waals surface area contributed by atoms with E-state index in [1.807, 2.05) is 42.0 Å². The Morgan fingerprint density at radius 1 is 1.06 bits per heavy atom. The topological polar surface area (TPSA) is 67.2 Å². The van der Waals surface area contributed by atoms with Crippen molar-refractivity contribution in [2.45, 2.75) is 51.5 Å². The molecule has 2 aliphatic heterocycles. The first-order valence-corrected chi connectivity index (χ1v) is 12.0. The van der Waals surface area contributed by atoms with Crippen LogP contribution < -0.4 is 4.90 Å². The lowest BCUT2D eigenvalue weighted by Crippen LogP contribution is -2.34. The van der Waals surface area contributed by atoms with Gasteiger partial charge in [-0.2, -0.15) is 5.10 Å². The van der Waals surface area contributed by atoms with Crippen LogP contribution in [0.5, 0.6) is 0 Å². The number of carbonyl (C=O) groups is 1. The molecule has 172 valence electrons. The number of likely N-dealkylation sites (tertiary alicyclic amines) is 1. The van der Waals surface area contributed by atoms with Crippen LogP contribution in [0, 0.1) is 6.92 Å². The van der Waals surface area contributed by atoms with Gasteiger partial charge in [-0.25, -0.2) is 9.97 Å². The van der Waals surface area contributed by atoms with Crippen molar-refractivity contribution in [3.8, 4) is 11.3 Å². The minimum absolute atomic E-state index is 0.00176. The predicted molar refractivity (Wildman–Crippen MR) is 129 cm³/mol. The van der Waals surface area contributed by atoms with Gasteiger partial charge in [0.25, 0.3) is 0 Å². The molecule has 0 unspecified atom stereocenters. The van der Waals surface area contributed by atoms with Gasteiger partial charge < -0.3 is 9.80 Å². The van der Waals surface area contributed by atoms with Gasteiger partial charge in [0.15, 0.2) is 0 Å². The number of aromatic nitrogens is 4. The normalized spacial score (nSPS) is 19.3. The van der Waals surface area contributed by atoms with Crippen molar-refractivity contribution in [1.82, 2.24) is 24.6 Å². The van der Waals surface area contributed by atoms with Crippen molar-refractivity contribution in [2.75, 3.05) is 24.5 Å². The fourth-order valence-corrected chi connectivity index (χ4v) is 5.17. The van der Waals surface area contributed by atoms with Gasteiger partial charge in [-0.1, -0.05) is 29.8 Å². The minimum Gasteiger partial charge on any atom is -0.341 e. The highest BCUT2D eigenvalue weighted by Crippen LogP contribution is 2.39. The molecule has 1 aromatic carbocycles. The van der Waals surface area contributed by atoms with E-state index in [0.29, 0.717) is 0 Å². The van der Waals surface area contributed by atoms with Crippen LogP contribution in [0.3, 0.4) is 0 Å². The molecule has 2 atom stereocenters. The summed E-state index contributed by atoms with van der Waals surface area (Å²) in [6.07, 6.45) is 8.01. The molecular formula is C26H32N6O. The zero-order valence-electron chi connectivity index (χ0n) is 19.7. The standard InChI is InChI=1S/C26H32N6O/c1-18-8-10-20(11-9-18)19(2)25(33)32-16-6-7-23(32)24-21(17-28-30(24)3)22-12-13-27-26(29-22)31-14-4-5-15-31/h8-13,17,19,23H,4-7,14-16H2,1-3H3/t19-,23-/m1/s1. The maximum Gasteiger partial charge on any atom is 0.230 e. The summed E-state index contributed by atoms with van der Waals surface area (Å²) in [5.41, 5.74) is 5.19. The zero-order chi connectivity index (χ0) is 22.9. The number of anilines is 1. The van der Waals surface area contributed by atoms with Crippen molar-refractivity contribution in [3.05, 3.63) is 59.5 Å². The summed E-state index contributed by atoms with van der Waals surface area (Å²) >= 11 is 0. The van der Waals surface area contributed by atoms with Crippen LogP contribution in [0.2, 0.25) is 0 Å². The third kappa shape index (κ3) is 4.12. The second kappa shape index (κ2) is 8.96. The van der Waals surface area contributed by atoms with Gasteiger partial charge in [0, 0.05) is 38.4 Å². The van der Waals surface area contributed by atoms with Crippen LogP contribution in [-0.2, 0) is 11.8 Å². The monoisotopic (exact) mass is 444 g/mol. The molecule has 4 heterocycles. The van der Waals surface area contributed by atoms with E-state index < -0.39 is 0 Å². The Kier molecular flexibility index (Phi) is 5.87. The minimum atomic E-state index is -0.177. The second-order valence-electron chi connectivity index (χ2n) is 9.33. The molecule has 2 fully saturated rings. The van der Waals surface area contributed by atoms with Gasteiger partial charge in [0.05, 0.1) is 29.5 Å². The molecule has 0 radical (unpaired) electrons. The summed E-state index contributed by atoms with van der Waals surface area (Å²) in [6, 6.07) is 10.2. The molecule has 2 aliphatic rings. The average Bonchev–Trinajstić information content (AvgIpc) is 3.59. The summed E-state index contributed by atoms with van der Waals surface area (Å²) in [5, 5.41) is 4.58. The lowest BCUT2D eigenvalue weighted by atomic mass is 9.97. The summed E-state index contributed by atoms with van der Waals surface area (Å²) in [7, 11) is 1.96. The highest BCUT2D eigenvalue weighted by Gasteiger charge is 2.36. The Balaban J connectivity index is 1.45. The van der Waals surface area contributed by atoms with E-state index in [9.17, 15) is 4.79 Å². The van der Waals surface area contributed by atoms with Gasteiger partial charge in [0.1, 0.15) is 0 Å². The largest absolute Gasteiger partial charge is 0.341 e. The molecule has 0 N–H and O–H groups in total. The van der Waals surface area contributed by atoms with Crippen molar-refractivity contribution < 1.29 is 4.79 Å². The van der Waals surface area contributed by atoms with Crippen LogP contribution in [-0.4, -0.2) is 50.2 Å².